The van der Waals surface area contributed by atoms with Crippen molar-refractivity contribution < 1.29 is 0 Å². The van der Waals surface area contributed by atoms with Gasteiger partial charge in [0.05, 0.1) is 22.8 Å². The van der Waals surface area contributed by atoms with Crippen molar-refractivity contribution in [2.45, 2.75) is 12.0 Å². The predicted octanol–water partition coefficient (Wildman–Crippen LogP) is 10.8. The van der Waals surface area contributed by atoms with Crippen molar-refractivity contribution in [2.75, 3.05) is 4.90 Å². The molecule has 0 spiro atoms. The summed E-state index contributed by atoms with van der Waals surface area (Å²) in [5.41, 5.74) is 12.4. The molecule has 0 bridgehead atoms. The van der Waals surface area contributed by atoms with Crippen LogP contribution in [-0.2, 0) is 0 Å². The molecule has 2 unspecified atom stereocenters. The summed E-state index contributed by atoms with van der Waals surface area (Å²) in [6.07, 6.45) is 9.13. The number of hydrogen-bond acceptors (Lipinski definition) is 1. The zero-order valence-corrected chi connectivity index (χ0v) is 24.2. The fraction of sp³-hybridized carbons (Fsp3) is 0.0476. The Morgan fingerprint density at radius 1 is 0.455 bits per heavy atom. The van der Waals surface area contributed by atoms with Crippen LogP contribution >= 0.6 is 0 Å². The predicted molar refractivity (Wildman–Crippen MR) is 185 cm³/mol. The van der Waals surface area contributed by atoms with E-state index in [1.807, 2.05) is 0 Å². The first-order chi connectivity index (χ1) is 21.8. The van der Waals surface area contributed by atoms with Gasteiger partial charge in [0, 0.05) is 28.1 Å². The lowest BCUT2D eigenvalue weighted by atomic mass is 9.91. The number of fused-ring (bicyclic) bond motifs is 7. The number of hydrogen-bond donors (Lipinski definition) is 0. The van der Waals surface area contributed by atoms with Crippen LogP contribution in [-0.4, -0.2) is 10.6 Å². The molecule has 0 amide bonds. The van der Waals surface area contributed by atoms with Gasteiger partial charge in [0.2, 0.25) is 0 Å². The Hall–Kier alpha value is -5.60. The molecule has 1 aromatic heterocycles. The Balaban J connectivity index is 1.36. The number of anilines is 2. The van der Waals surface area contributed by atoms with Crippen molar-refractivity contribution in [3.63, 3.8) is 0 Å². The van der Waals surface area contributed by atoms with Crippen LogP contribution in [0.5, 0.6) is 0 Å². The normalized spacial score (nSPS) is 16.9. The van der Waals surface area contributed by atoms with Gasteiger partial charge in [-0.2, -0.15) is 0 Å². The molecule has 9 rings (SSSR count). The highest BCUT2D eigenvalue weighted by atomic mass is 15.2. The molecule has 0 N–H and O–H groups in total. The van der Waals surface area contributed by atoms with Crippen LogP contribution in [0.2, 0.25) is 0 Å². The highest BCUT2D eigenvalue weighted by molar-refractivity contribution is 6.17. The fourth-order valence-corrected chi connectivity index (χ4v) is 7.37. The Morgan fingerprint density at radius 3 is 1.77 bits per heavy atom. The summed E-state index contributed by atoms with van der Waals surface area (Å²) in [5.74, 6) is 0.313. The maximum atomic E-state index is 2.56. The number of para-hydroxylation sites is 2. The lowest BCUT2D eigenvalue weighted by molar-refractivity contribution is 0.745. The average molecular weight is 563 g/mol. The molecule has 0 saturated heterocycles. The molecule has 2 heteroatoms. The van der Waals surface area contributed by atoms with Crippen LogP contribution in [0.3, 0.4) is 0 Å². The van der Waals surface area contributed by atoms with Gasteiger partial charge < -0.3 is 9.47 Å². The van der Waals surface area contributed by atoms with E-state index in [9.17, 15) is 0 Å². The van der Waals surface area contributed by atoms with Crippen LogP contribution in [0, 0.1) is 0 Å². The molecule has 2 heterocycles. The molecular weight excluding hydrogens is 532 g/mol. The number of nitrogens with zero attached hydrogens (tertiary/aromatic N) is 2. The van der Waals surface area contributed by atoms with Gasteiger partial charge in [-0.05, 0) is 70.3 Å². The van der Waals surface area contributed by atoms with E-state index in [0.29, 0.717) is 5.92 Å². The smallest absolute Gasteiger partial charge is 0.0629 e. The molecule has 7 aromatic rings. The molecule has 208 valence electrons. The number of rotatable bonds is 4. The quantitative estimate of drug-likeness (QED) is 0.207. The van der Waals surface area contributed by atoms with Crippen LogP contribution in [0.1, 0.15) is 11.5 Å². The average Bonchev–Trinajstić information content (AvgIpc) is 3.62. The lowest BCUT2D eigenvalue weighted by Crippen LogP contribution is -2.28. The molecule has 0 radical (unpaired) electrons. The van der Waals surface area contributed by atoms with Gasteiger partial charge in [0.15, 0.2) is 0 Å². The topological polar surface area (TPSA) is 8.17 Å². The summed E-state index contributed by atoms with van der Waals surface area (Å²) >= 11 is 0. The summed E-state index contributed by atoms with van der Waals surface area (Å²) in [6, 6.07) is 53.2. The van der Waals surface area contributed by atoms with Crippen LogP contribution in [0.25, 0.3) is 49.7 Å². The second-order valence-electron chi connectivity index (χ2n) is 11.7. The van der Waals surface area contributed by atoms with Crippen LogP contribution < -0.4 is 4.90 Å². The molecule has 6 aromatic carbocycles. The monoisotopic (exact) mass is 562 g/mol. The number of allylic oxidation sites excluding steroid dienone is 2. The van der Waals surface area contributed by atoms with E-state index in [1.165, 1.54) is 61.0 Å². The zero-order valence-electron chi connectivity index (χ0n) is 24.2. The van der Waals surface area contributed by atoms with Crippen LogP contribution in [0.15, 0.2) is 170 Å². The van der Waals surface area contributed by atoms with Gasteiger partial charge >= 0.3 is 0 Å². The van der Waals surface area contributed by atoms with Gasteiger partial charge in [0.25, 0.3) is 0 Å². The highest BCUT2D eigenvalue weighted by Gasteiger charge is 2.39. The minimum absolute atomic E-state index is 0.246. The third-order valence-electron chi connectivity index (χ3n) is 9.27. The van der Waals surface area contributed by atoms with Crippen molar-refractivity contribution >= 4 is 33.2 Å². The zero-order chi connectivity index (χ0) is 29.0. The van der Waals surface area contributed by atoms with Crippen molar-refractivity contribution in [1.29, 1.82) is 0 Å². The van der Waals surface area contributed by atoms with Crippen molar-refractivity contribution in [2.24, 2.45) is 0 Å². The fourth-order valence-electron chi connectivity index (χ4n) is 7.37. The van der Waals surface area contributed by atoms with Crippen molar-refractivity contribution in [3.8, 4) is 27.9 Å². The Labute approximate surface area is 257 Å². The van der Waals surface area contributed by atoms with E-state index in [-0.39, 0.29) is 6.04 Å². The second-order valence-corrected chi connectivity index (χ2v) is 11.7. The molecular formula is C42H30N2. The third-order valence-corrected chi connectivity index (χ3v) is 9.27. The second kappa shape index (κ2) is 10.00. The molecule has 0 saturated carbocycles. The van der Waals surface area contributed by atoms with E-state index in [2.05, 4.69) is 179 Å². The Bertz CT molecular complexity index is 2170. The first-order valence-corrected chi connectivity index (χ1v) is 15.4. The molecule has 2 atom stereocenters. The summed E-state index contributed by atoms with van der Waals surface area (Å²) < 4.78 is 2.47. The molecule has 2 nitrogen and oxygen atoms in total. The van der Waals surface area contributed by atoms with Gasteiger partial charge in [-0.1, -0.05) is 127 Å². The number of benzene rings is 6. The molecule has 0 fully saturated rings. The van der Waals surface area contributed by atoms with E-state index in [4.69, 9.17) is 0 Å². The van der Waals surface area contributed by atoms with E-state index in [1.54, 1.807) is 0 Å². The van der Waals surface area contributed by atoms with E-state index in [0.717, 1.165) is 5.69 Å². The van der Waals surface area contributed by atoms with Gasteiger partial charge in [-0.3, -0.25) is 0 Å². The van der Waals surface area contributed by atoms with E-state index >= 15 is 0 Å². The summed E-state index contributed by atoms with van der Waals surface area (Å²) in [6.45, 7) is 0. The number of aromatic nitrogens is 1. The van der Waals surface area contributed by atoms with E-state index < -0.39 is 0 Å². The molecule has 44 heavy (non-hydrogen) atoms. The first-order valence-electron chi connectivity index (χ1n) is 15.4. The van der Waals surface area contributed by atoms with Crippen molar-refractivity contribution in [1.82, 2.24) is 4.57 Å². The maximum Gasteiger partial charge on any atom is 0.0629 e. The highest BCUT2D eigenvalue weighted by Crippen LogP contribution is 2.53. The summed E-state index contributed by atoms with van der Waals surface area (Å²) in [7, 11) is 0. The SMILES string of the molecule is C1=CC2c3ccc4c(c3N(c3ccccc3)C2C=C1)c1ccccc1n4-c1cc(-c2ccccc2)cc(-c2ccccc2)c1. The standard InChI is InChI=1S/C42H30N2/c1-4-14-29(15-5-1)31-26-32(30-16-6-2-7-17-30)28-34(27-31)43-39-23-13-11-21-37(39)41-40(43)25-24-36-35-20-10-12-22-38(35)44(42(36)41)33-18-8-3-9-19-33/h1-28,35,38H. The lowest BCUT2D eigenvalue weighted by Gasteiger charge is -2.29. The Morgan fingerprint density at radius 2 is 1.07 bits per heavy atom. The largest absolute Gasteiger partial charge is 0.333 e. The van der Waals surface area contributed by atoms with Gasteiger partial charge in [0.1, 0.15) is 0 Å². The minimum atomic E-state index is 0.246. The maximum absolute atomic E-state index is 2.56. The van der Waals surface area contributed by atoms with Gasteiger partial charge in [-0.25, -0.2) is 0 Å². The molecule has 1 aliphatic carbocycles. The molecule has 1 aliphatic heterocycles. The van der Waals surface area contributed by atoms with Gasteiger partial charge in [-0.15, -0.1) is 0 Å². The first kappa shape index (κ1) is 24.9. The minimum Gasteiger partial charge on any atom is -0.333 e. The summed E-state index contributed by atoms with van der Waals surface area (Å²) in [4.78, 5) is 2.56. The Kier molecular flexibility index (Phi) is 5.67. The molecule has 2 aliphatic rings. The van der Waals surface area contributed by atoms with Crippen molar-refractivity contribution in [3.05, 3.63) is 175 Å². The third kappa shape index (κ3) is 3.81. The van der Waals surface area contributed by atoms with Crippen LogP contribution in [0.4, 0.5) is 11.4 Å². The summed E-state index contributed by atoms with van der Waals surface area (Å²) in [5, 5.41) is 2.59.